The maximum atomic E-state index is 12.7. The van der Waals surface area contributed by atoms with Crippen molar-refractivity contribution in [3.8, 4) is 0 Å². The summed E-state index contributed by atoms with van der Waals surface area (Å²) >= 11 is 0. The van der Waals surface area contributed by atoms with Gasteiger partial charge in [-0.25, -0.2) is 4.79 Å². The smallest absolute Gasteiger partial charge is 0.338 e. The zero-order valence-corrected chi connectivity index (χ0v) is 15.0. The molecule has 0 unspecified atom stereocenters. The molecule has 0 aromatic heterocycles. The number of non-ortho nitro benzene ring substituents is 1. The van der Waals surface area contributed by atoms with Gasteiger partial charge in [0.1, 0.15) is 0 Å². The van der Waals surface area contributed by atoms with E-state index < -0.39 is 34.0 Å². The van der Waals surface area contributed by atoms with Crippen LogP contribution in [0.5, 0.6) is 0 Å². The lowest BCUT2D eigenvalue weighted by Crippen LogP contribution is -2.55. The van der Waals surface area contributed by atoms with Gasteiger partial charge in [0, 0.05) is 24.3 Å². The molecule has 1 aromatic rings. The van der Waals surface area contributed by atoms with Gasteiger partial charge in [-0.15, -0.1) is 0 Å². The molecule has 0 bridgehead atoms. The molecule has 1 atom stereocenters. The molecule has 1 aromatic carbocycles. The Bertz CT molecular complexity index is 755. The van der Waals surface area contributed by atoms with Crippen LogP contribution in [-0.2, 0) is 19.0 Å². The zero-order chi connectivity index (χ0) is 20.0. The van der Waals surface area contributed by atoms with E-state index in [4.69, 9.17) is 4.74 Å². The quantitative estimate of drug-likeness (QED) is 0.442. The van der Waals surface area contributed by atoms with Gasteiger partial charge in [0.2, 0.25) is 0 Å². The SMILES string of the molecule is COC(=O)C[C@]1(NC(=O)c2cc(C(=O)OC)cc([N+](=O)[O-])c2)CCCOC1. The number of esters is 2. The number of carbonyl (C=O) groups is 3. The summed E-state index contributed by atoms with van der Waals surface area (Å²) in [5.41, 5.74) is -1.64. The number of nitro benzene ring substituents is 1. The molecule has 146 valence electrons. The summed E-state index contributed by atoms with van der Waals surface area (Å²) in [4.78, 5) is 46.6. The Hall–Kier alpha value is -3.01. The van der Waals surface area contributed by atoms with Crippen LogP contribution in [0.4, 0.5) is 5.69 Å². The third-order valence-electron chi connectivity index (χ3n) is 4.22. The van der Waals surface area contributed by atoms with E-state index >= 15 is 0 Å². The monoisotopic (exact) mass is 380 g/mol. The summed E-state index contributed by atoms with van der Waals surface area (Å²) in [6.45, 7) is 0.606. The fourth-order valence-electron chi connectivity index (χ4n) is 2.88. The van der Waals surface area contributed by atoms with E-state index in [1.54, 1.807) is 0 Å². The van der Waals surface area contributed by atoms with Gasteiger partial charge >= 0.3 is 11.9 Å². The average molecular weight is 380 g/mol. The number of hydrogen-bond acceptors (Lipinski definition) is 8. The standard InChI is InChI=1S/C17H20N2O8/c1-25-14(20)9-17(4-3-5-27-10-17)18-15(21)11-6-12(16(22)26-2)8-13(7-11)19(23)24/h6-8H,3-5,9-10H2,1-2H3,(H,18,21)/t17-/m1/s1. The number of benzene rings is 1. The lowest BCUT2D eigenvalue weighted by atomic mass is 9.88. The second kappa shape index (κ2) is 8.58. The summed E-state index contributed by atoms with van der Waals surface area (Å²) in [5, 5.41) is 13.8. The number of nitrogens with one attached hydrogen (secondary N) is 1. The van der Waals surface area contributed by atoms with Crippen LogP contribution < -0.4 is 5.32 Å². The first kappa shape index (κ1) is 20.3. The number of nitrogens with zero attached hydrogens (tertiary/aromatic N) is 1. The molecule has 27 heavy (non-hydrogen) atoms. The van der Waals surface area contributed by atoms with E-state index in [1.807, 2.05) is 0 Å². The van der Waals surface area contributed by atoms with Crippen LogP contribution in [0.3, 0.4) is 0 Å². The highest BCUT2D eigenvalue weighted by Gasteiger charge is 2.37. The predicted octanol–water partition coefficient (Wildman–Crippen LogP) is 1.22. The van der Waals surface area contributed by atoms with Crippen LogP contribution >= 0.6 is 0 Å². The van der Waals surface area contributed by atoms with Gasteiger partial charge < -0.3 is 19.5 Å². The highest BCUT2D eigenvalue weighted by molar-refractivity contribution is 5.99. The van der Waals surface area contributed by atoms with Crippen LogP contribution in [0.1, 0.15) is 40.0 Å². The first-order chi connectivity index (χ1) is 12.8. The van der Waals surface area contributed by atoms with Crippen molar-refractivity contribution in [3.63, 3.8) is 0 Å². The molecule has 1 amide bonds. The highest BCUT2D eigenvalue weighted by Crippen LogP contribution is 2.25. The van der Waals surface area contributed by atoms with Crippen molar-refractivity contribution in [2.24, 2.45) is 0 Å². The molecule has 1 N–H and O–H groups in total. The second-order valence-corrected chi connectivity index (χ2v) is 6.16. The molecule has 0 saturated carbocycles. The van der Waals surface area contributed by atoms with Crippen LogP contribution in [-0.4, -0.2) is 55.7 Å². The minimum absolute atomic E-state index is 0.0978. The molecule has 2 rings (SSSR count). The molecule has 10 heteroatoms. The number of hydrogen-bond donors (Lipinski definition) is 1. The Kier molecular flexibility index (Phi) is 6.45. The fourth-order valence-corrected chi connectivity index (χ4v) is 2.88. The summed E-state index contributed by atoms with van der Waals surface area (Å²) in [6.07, 6.45) is 1.00. The molecule has 1 fully saturated rings. The zero-order valence-electron chi connectivity index (χ0n) is 15.0. The van der Waals surface area contributed by atoms with Gasteiger partial charge in [-0.3, -0.25) is 19.7 Å². The van der Waals surface area contributed by atoms with Crippen molar-refractivity contribution < 1.29 is 33.5 Å². The van der Waals surface area contributed by atoms with Crippen LogP contribution in [0, 0.1) is 10.1 Å². The number of nitro groups is 1. The Labute approximate surface area is 154 Å². The first-order valence-corrected chi connectivity index (χ1v) is 8.15. The number of methoxy groups -OCH3 is 2. The summed E-state index contributed by atoms with van der Waals surface area (Å²) < 4.78 is 14.7. The van der Waals surface area contributed by atoms with Gasteiger partial charge in [0.05, 0.1) is 43.3 Å². The molecule has 0 aliphatic carbocycles. The Morgan fingerprint density at radius 2 is 1.93 bits per heavy atom. The minimum atomic E-state index is -0.988. The van der Waals surface area contributed by atoms with Crippen LogP contribution in [0.25, 0.3) is 0 Å². The Morgan fingerprint density at radius 3 is 2.48 bits per heavy atom. The third-order valence-corrected chi connectivity index (χ3v) is 4.22. The van der Waals surface area contributed by atoms with Gasteiger partial charge in [0.25, 0.3) is 11.6 Å². The fraction of sp³-hybridized carbons (Fsp3) is 0.471. The lowest BCUT2D eigenvalue weighted by Gasteiger charge is -2.37. The molecular formula is C17H20N2O8. The molecule has 1 heterocycles. The van der Waals surface area contributed by atoms with Crippen molar-refractivity contribution in [3.05, 3.63) is 39.4 Å². The molecule has 10 nitrogen and oxygen atoms in total. The molecular weight excluding hydrogens is 360 g/mol. The third kappa shape index (κ3) is 5.00. The molecule has 0 spiro atoms. The maximum absolute atomic E-state index is 12.7. The van der Waals surface area contributed by atoms with Crippen molar-refractivity contribution in [1.82, 2.24) is 5.32 Å². The molecule has 1 aliphatic rings. The van der Waals surface area contributed by atoms with Gasteiger partial charge in [-0.05, 0) is 18.9 Å². The summed E-state index contributed by atoms with van der Waals surface area (Å²) in [7, 11) is 2.37. The van der Waals surface area contributed by atoms with Gasteiger partial charge in [-0.2, -0.15) is 0 Å². The maximum Gasteiger partial charge on any atom is 0.338 e. The van der Waals surface area contributed by atoms with Crippen molar-refractivity contribution in [2.75, 3.05) is 27.4 Å². The minimum Gasteiger partial charge on any atom is -0.469 e. The van der Waals surface area contributed by atoms with Crippen LogP contribution in [0.2, 0.25) is 0 Å². The van der Waals surface area contributed by atoms with E-state index in [0.717, 1.165) is 19.2 Å². The predicted molar refractivity (Wildman–Crippen MR) is 91.3 cm³/mol. The lowest BCUT2D eigenvalue weighted by molar-refractivity contribution is -0.384. The first-order valence-electron chi connectivity index (χ1n) is 8.15. The Balaban J connectivity index is 2.34. The Morgan fingerprint density at radius 1 is 1.22 bits per heavy atom. The summed E-state index contributed by atoms with van der Waals surface area (Å²) in [5.74, 6) is -1.99. The highest BCUT2D eigenvalue weighted by atomic mass is 16.6. The van der Waals surface area contributed by atoms with Gasteiger partial charge in [-0.1, -0.05) is 0 Å². The van der Waals surface area contributed by atoms with E-state index in [9.17, 15) is 24.5 Å². The molecule has 1 aliphatic heterocycles. The van der Waals surface area contributed by atoms with Crippen molar-refractivity contribution in [2.45, 2.75) is 24.8 Å². The average Bonchev–Trinajstić information content (AvgIpc) is 2.67. The number of amides is 1. The number of ether oxygens (including phenoxy) is 3. The number of rotatable bonds is 6. The van der Waals surface area contributed by atoms with E-state index in [0.29, 0.717) is 19.4 Å². The van der Waals surface area contributed by atoms with Crippen LogP contribution in [0.15, 0.2) is 18.2 Å². The van der Waals surface area contributed by atoms with Crippen molar-refractivity contribution in [1.29, 1.82) is 0 Å². The molecule has 1 saturated heterocycles. The van der Waals surface area contributed by atoms with Gasteiger partial charge in [0.15, 0.2) is 0 Å². The largest absolute Gasteiger partial charge is 0.469 e. The van der Waals surface area contributed by atoms with Crippen molar-refractivity contribution >= 4 is 23.5 Å². The normalized spacial score (nSPS) is 19.0. The van der Waals surface area contributed by atoms with E-state index in [1.165, 1.54) is 13.2 Å². The number of carbonyl (C=O) groups excluding carboxylic acids is 3. The summed E-state index contributed by atoms with van der Waals surface area (Å²) in [6, 6.07) is 3.28. The molecule has 0 radical (unpaired) electrons. The second-order valence-electron chi connectivity index (χ2n) is 6.16. The van der Waals surface area contributed by atoms with E-state index in [2.05, 4.69) is 14.8 Å². The van der Waals surface area contributed by atoms with E-state index in [-0.39, 0.29) is 24.2 Å². The topological polar surface area (TPSA) is 134 Å².